The largest absolute Gasteiger partial charge is 0.301 e. The van der Waals surface area contributed by atoms with E-state index in [-0.39, 0.29) is 5.56 Å². The second kappa shape index (κ2) is 6.54. The van der Waals surface area contributed by atoms with Crippen molar-refractivity contribution in [2.45, 2.75) is 30.7 Å². The van der Waals surface area contributed by atoms with E-state index in [1.54, 1.807) is 29.2 Å². The van der Waals surface area contributed by atoms with Gasteiger partial charge in [0.25, 0.3) is 5.56 Å². The molecule has 1 N–H and O–H groups in total. The van der Waals surface area contributed by atoms with E-state index < -0.39 is 0 Å². The molecule has 96 valence electrons. The first-order valence-corrected chi connectivity index (χ1v) is 8.29. The van der Waals surface area contributed by atoms with Crippen LogP contribution in [-0.2, 0) is 12.2 Å². The average Bonchev–Trinajstić information content (AvgIpc) is 2.72. The molecule has 0 spiro atoms. The van der Waals surface area contributed by atoms with Crippen molar-refractivity contribution in [1.29, 1.82) is 0 Å². The molecule has 0 amide bonds. The second-order valence-corrected chi connectivity index (χ2v) is 6.69. The van der Waals surface area contributed by atoms with Gasteiger partial charge in [-0.1, -0.05) is 25.1 Å². The van der Waals surface area contributed by atoms with Gasteiger partial charge < -0.3 is 4.98 Å². The molecule has 0 fully saturated rings. The van der Waals surface area contributed by atoms with Crippen LogP contribution in [0.1, 0.15) is 23.9 Å². The minimum atomic E-state index is -0.0664. The predicted molar refractivity (Wildman–Crippen MR) is 80.4 cm³/mol. The SMILES string of the molecule is CCCc1cc(=O)[nH]c(SCc2cc(Br)cs2)n1. The van der Waals surface area contributed by atoms with E-state index in [2.05, 4.69) is 44.3 Å². The number of nitrogens with zero attached hydrogens (tertiary/aromatic N) is 1. The maximum absolute atomic E-state index is 11.5. The highest BCUT2D eigenvalue weighted by molar-refractivity contribution is 9.10. The summed E-state index contributed by atoms with van der Waals surface area (Å²) in [5.74, 6) is 0.828. The number of thiophene rings is 1. The molecule has 0 saturated heterocycles. The van der Waals surface area contributed by atoms with E-state index in [0.717, 1.165) is 28.8 Å². The molecular weight excluding hydrogens is 332 g/mol. The number of hydrogen-bond donors (Lipinski definition) is 1. The molecule has 2 aromatic rings. The Balaban J connectivity index is 2.06. The van der Waals surface area contributed by atoms with Crippen LogP contribution in [0.25, 0.3) is 0 Å². The number of hydrogen-bond acceptors (Lipinski definition) is 4. The van der Waals surface area contributed by atoms with Crippen LogP contribution in [0.3, 0.4) is 0 Å². The number of aromatic amines is 1. The van der Waals surface area contributed by atoms with Gasteiger partial charge in [0.05, 0.1) is 0 Å². The number of thioether (sulfide) groups is 1. The van der Waals surface area contributed by atoms with Gasteiger partial charge in [-0.15, -0.1) is 11.3 Å². The van der Waals surface area contributed by atoms with Gasteiger partial charge in [-0.05, 0) is 28.4 Å². The van der Waals surface area contributed by atoms with E-state index >= 15 is 0 Å². The maximum Gasteiger partial charge on any atom is 0.251 e. The molecule has 0 unspecified atom stereocenters. The fourth-order valence-corrected chi connectivity index (χ4v) is 3.91. The number of aryl methyl sites for hydroxylation is 1. The van der Waals surface area contributed by atoms with Crippen LogP contribution < -0.4 is 5.56 Å². The van der Waals surface area contributed by atoms with Crippen molar-refractivity contribution in [3.05, 3.63) is 42.9 Å². The highest BCUT2D eigenvalue weighted by atomic mass is 79.9. The van der Waals surface area contributed by atoms with Gasteiger partial charge in [0.2, 0.25) is 0 Å². The van der Waals surface area contributed by atoms with Gasteiger partial charge in [-0.3, -0.25) is 4.79 Å². The summed E-state index contributed by atoms with van der Waals surface area (Å²) in [6, 6.07) is 3.67. The van der Waals surface area contributed by atoms with Gasteiger partial charge in [0.1, 0.15) is 0 Å². The van der Waals surface area contributed by atoms with E-state index in [0.29, 0.717) is 5.16 Å². The number of halogens is 1. The Bertz CT molecular complexity index is 579. The van der Waals surface area contributed by atoms with Crippen LogP contribution in [0.4, 0.5) is 0 Å². The van der Waals surface area contributed by atoms with Gasteiger partial charge in [0.15, 0.2) is 5.16 Å². The third-order valence-corrected chi connectivity index (χ3v) is 5.05. The summed E-state index contributed by atoms with van der Waals surface area (Å²) in [6.45, 7) is 2.08. The molecule has 0 bridgehead atoms. The third-order valence-electron chi connectivity index (χ3n) is 2.25. The monoisotopic (exact) mass is 344 g/mol. The standard InChI is InChI=1S/C12H13BrN2OS2/c1-2-3-9-5-11(16)15-12(14-9)18-7-10-4-8(13)6-17-10/h4-6H,2-3,7H2,1H3,(H,14,15,16). The summed E-state index contributed by atoms with van der Waals surface area (Å²) in [6.07, 6.45) is 1.85. The summed E-state index contributed by atoms with van der Waals surface area (Å²) >= 11 is 6.69. The predicted octanol–water partition coefficient (Wildman–Crippen LogP) is 3.84. The summed E-state index contributed by atoms with van der Waals surface area (Å²) < 4.78 is 1.10. The van der Waals surface area contributed by atoms with Crippen molar-refractivity contribution >= 4 is 39.0 Å². The minimum Gasteiger partial charge on any atom is -0.301 e. The Kier molecular flexibility index (Phi) is 5.03. The van der Waals surface area contributed by atoms with E-state index in [9.17, 15) is 4.79 Å². The van der Waals surface area contributed by atoms with Crippen molar-refractivity contribution in [2.24, 2.45) is 0 Å². The molecule has 0 radical (unpaired) electrons. The molecule has 0 aliphatic carbocycles. The lowest BCUT2D eigenvalue weighted by atomic mass is 10.2. The quantitative estimate of drug-likeness (QED) is 0.662. The first-order valence-electron chi connectivity index (χ1n) is 5.63. The van der Waals surface area contributed by atoms with Gasteiger partial charge in [0, 0.05) is 32.2 Å². The Morgan fingerprint density at radius 1 is 1.50 bits per heavy atom. The first kappa shape index (κ1) is 13.8. The van der Waals surface area contributed by atoms with Crippen LogP contribution in [0, 0.1) is 0 Å². The fraction of sp³-hybridized carbons (Fsp3) is 0.333. The van der Waals surface area contributed by atoms with Crippen LogP contribution in [0.5, 0.6) is 0 Å². The second-order valence-electron chi connectivity index (χ2n) is 3.81. The molecule has 2 rings (SSSR count). The lowest BCUT2D eigenvalue weighted by molar-refractivity contribution is 0.816. The van der Waals surface area contributed by atoms with Crippen molar-refractivity contribution in [3.8, 4) is 0 Å². The molecule has 0 atom stereocenters. The Labute approximate surface area is 122 Å². The van der Waals surface area contributed by atoms with E-state index in [1.807, 2.05) is 0 Å². The molecule has 2 heterocycles. The van der Waals surface area contributed by atoms with E-state index in [4.69, 9.17) is 0 Å². The highest BCUT2D eigenvalue weighted by Gasteiger charge is 2.04. The summed E-state index contributed by atoms with van der Waals surface area (Å²) in [5, 5.41) is 2.76. The van der Waals surface area contributed by atoms with Crippen molar-refractivity contribution in [1.82, 2.24) is 9.97 Å². The Morgan fingerprint density at radius 2 is 2.33 bits per heavy atom. The summed E-state index contributed by atoms with van der Waals surface area (Å²) in [4.78, 5) is 20.0. The first-order chi connectivity index (χ1) is 8.67. The molecule has 18 heavy (non-hydrogen) atoms. The lowest BCUT2D eigenvalue weighted by Crippen LogP contribution is -2.09. The molecule has 0 saturated carbocycles. The molecule has 3 nitrogen and oxygen atoms in total. The molecule has 0 aliphatic rings. The van der Waals surface area contributed by atoms with Crippen molar-refractivity contribution in [2.75, 3.05) is 0 Å². The molecule has 2 aromatic heterocycles. The fourth-order valence-electron chi connectivity index (χ4n) is 1.51. The van der Waals surface area contributed by atoms with Crippen molar-refractivity contribution < 1.29 is 0 Å². The molecule has 0 aliphatic heterocycles. The summed E-state index contributed by atoms with van der Waals surface area (Å²) in [5.41, 5.74) is 0.805. The maximum atomic E-state index is 11.5. The average molecular weight is 345 g/mol. The van der Waals surface area contributed by atoms with Crippen LogP contribution in [-0.4, -0.2) is 9.97 Å². The molecule has 0 aromatic carbocycles. The normalized spacial score (nSPS) is 10.8. The van der Waals surface area contributed by atoms with Gasteiger partial charge in [-0.2, -0.15) is 0 Å². The number of aromatic nitrogens is 2. The zero-order valence-electron chi connectivity index (χ0n) is 9.90. The van der Waals surface area contributed by atoms with Crippen LogP contribution >= 0.6 is 39.0 Å². The summed E-state index contributed by atoms with van der Waals surface area (Å²) in [7, 11) is 0. The minimum absolute atomic E-state index is 0.0664. The van der Waals surface area contributed by atoms with Gasteiger partial charge >= 0.3 is 0 Å². The van der Waals surface area contributed by atoms with Crippen LogP contribution in [0.2, 0.25) is 0 Å². The van der Waals surface area contributed by atoms with Crippen LogP contribution in [0.15, 0.2) is 31.9 Å². The zero-order valence-corrected chi connectivity index (χ0v) is 13.1. The Hall–Kier alpha value is -0.590. The van der Waals surface area contributed by atoms with Gasteiger partial charge in [-0.25, -0.2) is 4.98 Å². The topological polar surface area (TPSA) is 45.8 Å². The highest BCUT2D eigenvalue weighted by Crippen LogP contribution is 2.26. The molecule has 6 heteroatoms. The lowest BCUT2D eigenvalue weighted by Gasteiger charge is -2.02. The zero-order chi connectivity index (χ0) is 13.0. The van der Waals surface area contributed by atoms with Crippen molar-refractivity contribution in [3.63, 3.8) is 0 Å². The molecular formula is C12H13BrN2OS2. The van der Waals surface area contributed by atoms with E-state index in [1.165, 1.54) is 4.88 Å². The number of H-pyrrole nitrogens is 1. The number of nitrogens with one attached hydrogen (secondary N) is 1. The third kappa shape index (κ3) is 3.96. The smallest absolute Gasteiger partial charge is 0.251 e. The Morgan fingerprint density at radius 3 is 3.00 bits per heavy atom. The number of rotatable bonds is 5.